The van der Waals surface area contributed by atoms with Crippen LogP contribution in [0.4, 0.5) is 5.82 Å². The van der Waals surface area contributed by atoms with Gasteiger partial charge in [0.25, 0.3) is 0 Å². The van der Waals surface area contributed by atoms with Crippen molar-refractivity contribution in [2.75, 3.05) is 12.8 Å². The van der Waals surface area contributed by atoms with Crippen molar-refractivity contribution in [2.45, 2.75) is 0 Å². The quantitative estimate of drug-likeness (QED) is 0.868. The number of nitrogens with two attached hydrogens (primary N) is 1. The Bertz CT molecular complexity index is 516. The lowest BCUT2D eigenvalue weighted by Gasteiger charge is -2.05. The van der Waals surface area contributed by atoms with Gasteiger partial charge in [0.2, 0.25) is 0 Å². The number of hydrogen-bond acceptors (Lipinski definition) is 4. The van der Waals surface area contributed by atoms with Crippen molar-refractivity contribution in [2.24, 2.45) is 0 Å². The highest BCUT2D eigenvalue weighted by atomic mass is 35.5. The molecule has 0 atom stereocenters. The van der Waals surface area contributed by atoms with Gasteiger partial charge in [-0.05, 0) is 18.2 Å². The summed E-state index contributed by atoms with van der Waals surface area (Å²) in [5, 5.41) is 0.532. The monoisotopic (exact) mass is 235 g/mol. The fourth-order valence-corrected chi connectivity index (χ4v) is 1.60. The summed E-state index contributed by atoms with van der Waals surface area (Å²) in [6.07, 6.45) is 3.13. The van der Waals surface area contributed by atoms with Crippen molar-refractivity contribution in [3.8, 4) is 17.0 Å². The van der Waals surface area contributed by atoms with Crippen molar-refractivity contribution >= 4 is 17.4 Å². The normalized spacial score (nSPS) is 10.1. The largest absolute Gasteiger partial charge is 0.495 e. The number of rotatable bonds is 2. The second-order valence-corrected chi connectivity index (χ2v) is 3.59. The Hall–Kier alpha value is -1.81. The molecule has 0 aliphatic heterocycles. The molecular weight excluding hydrogens is 226 g/mol. The van der Waals surface area contributed by atoms with E-state index in [2.05, 4.69) is 9.97 Å². The number of methoxy groups -OCH3 is 1. The molecule has 0 bridgehead atoms. The predicted molar refractivity (Wildman–Crippen MR) is 63.4 cm³/mol. The molecule has 0 radical (unpaired) electrons. The van der Waals surface area contributed by atoms with Crippen LogP contribution in [-0.4, -0.2) is 17.1 Å². The van der Waals surface area contributed by atoms with Crippen molar-refractivity contribution in [3.05, 3.63) is 35.6 Å². The van der Waals surface area contributed by atoms with E-state index < -0.39 is 0 Å². The van der Waals surface area contributed by atoms with E-state index in [0.29, 0.717) is 22.3 Å². The van der Waals surface area contributed by atoms with E-state index in [1.54, 1.807) is 25.4 Å². The van der Waals surface area contributed by atoms with Crippen molar-refractivity contribution in [3.63, 3.8) is 0 Å². The van der Waals surface area contributed by atoms with Crippen LogP contribution in [0.1, 0.15) is 0 Å². The third kappa shape index (κ3) is 2.06. The van der Waals surface area contributed by atoms with E-state index in [1.165, 1.54) is 6.20 Å². The minimum Gasteiger partial charge on any atom is -0.495 e. The third-order valence-corrected chi connectivity index (χ3v) is 2.40. The van der Waals surface area contributed by atoms with Crippen molar-refractivity contribution in [1.82, 2.24) is 9.97 Å². The molecule has 0 unspecified atom stereocenters. The molecule has 0 aliphatic carbocycles. The van der Waals surface area contributed by atoms with E-state index in [1.807, 2.05) is 6.07 Å². The molecule has 0 spiro atoms. The number of hydrogen-bond donors (Lipinski definition) is 1. The number of nitrogens with zero attached hydrogens (tertiary/aromatic N) is 2. The Morgan fingerprint density at radius 1 is 1.31 bits per heavy atom. The first-order valence-corrected chi connectivity index (χ1v) is 5.00. The highest BCUT2D eigenvalue weighted by Crippen LogP contribution is 2.29. The standard InChI is InChI=1S/C11H10ClN3O/c1-16-10-3-2-7(4-8(10)12)9-5-14-6-11(13)15-9/h2-6H,1H3,(H2,13,15). The highest BCUT2D eigenvalue weighted by molar-refractivity contribution is 6.32. The first-order chi connectivity index (χ1) is 7.70. The van der Waals surface area contributed by atoms with Crippen LogP contribution >= 0.6 is 11.6 Å². The summed E-state index contributed by atoms with van der Waals surface area (Å²) in [5.41, 5.74) is 7.10. The van der Waals surface area contributed by atoms with E-state index in [0.717, 1.165) is 5.56 Å². The summed E-state index contributed by atoms with van der Waals surface area (Å²) < 4.78 is 5.07. The summed E-state index contributed by atoms with van der Waals surface area (Å²) in [4.78, 5) is 8.13. The van der Waals surface area contributed by atoms with Gasteiger partial charge in [-0.3, -0.25) is 4.98 Å². The molecule has 2 N–H and O–H groups in total. The van der Waals surface area contributed by atoms with E-state index in [4.69, 9.17) is 22.1 Å². The highest BCUT2D eigenvalue weighted by Gasteiger charge is 2.05. The Kier molecular flexibility index (Phi) is 2.92. The Morgan fingerprint density at radius 3 is 2.75 bits per heavy atom. The minimum absolute atomic E-state index is 0.379. The van der Waals surface area contributed by atoms with Crippen LogP contribution in [0, 0.1) is 0 Å². The third-order valence-electron chi connectivity index (χ3n) is 2.10. The molecule has 1 aromatic heterocycles. The van der Waals surface area contributed by atoms with Gasteiger partial charge < -0.3 is 10.5 Å². The van der Waals surface area contributed by atoms with Gasteiger partial charge in [0.15, 0.2) is 0 Å². The van der Waals surface area contributed by atoms with Crippen molar-refractivity contribution < 1.29 is 4.74 Å². The molecule has 4 nitrogen and oxygen atoms in total. The fraction of sp³-hybridized carbons (Fsp3) is 0.0909. The first kappa shape index (κ1) is 10.7. The Morgan fingerprint density at radius 2 is 2.12 bits per heavy atom. The zero-order valence-electron chi connectivity index (χ0n) is 8.64. The van der Waals surface area contributed by atoms with Gasteiger partial charge in [-0.25, -0.2) is 4.98 Å². The second kappa shape index (κ2) is 4.37. The van der Waals surface area contributed by atoms with Crippen LogP contribution in [0.15, 0.2) is 30.6 Å². The van der Waals surface area contributed by atoms with Crippen LogP contribution in [0.25, 0.3) is 11.3 Å². The summed E-state index contributed by atoms with van der Waals surface area (Å²) in [5.74, 6) is 1.01. The van der Waals surface area contributed by atoms with E-state index in [-0.39, 0.29) is 0 Å². The predicted octanol–water partition coefficient (Wildman–Crippen LogP) is 2.39. The van der Waals surface area contributed by atoms with Gasteiger partial charge in [-0.2, -0.15) is 0 Å². The maximum Gasteiger partial charge on any atom is 0.142 e. The molecule has 0 fully saturated rings. The summed E-state index contributed by atoms with van der Waals surface area (Å²) in [7, 11) is 1.57. The molecule has 2 rings (SSSR count). The molecule has 0 saturated carbocycles. The SMILES string of the molecule is COc1ccc(-c2cncc(N)n2)cc1Cl. The zero-order valence-corrected chi connectivity index (χ0v) is 9.40. The number of ether oxygens (including phenoxy) is 1. The Balaban J connectivity index is 2.45. The molecule has 1 aromatic carbocycles. The van der Waals surface area contributed by atoms with Crippen LogP contribution < -0.4 is 10.5 Å². The minimum atomic E-state index is 0.379. The van der Waals surface area contributed by atoms with Gasteiger partial charge >= 0.3 is 0 Å². The molecule has 0 aliphatic rings. The summed E-state index contributed by atoms with van der Waals surface area (Å²) in [6, 6.07) is 5.40. The van der Waals surface area contributed by atoms with Crippen LogP contribution in [-0.2, 0) is 0 Å². The lowest BCUT2D eigenvalue weighted by molar-refractivity contribution is 0.415. The maximum atomic E-state index is 6.01. The molecule has 5 heteroatoms. The van der Waals surface area contributed by atoms with Crippen LogP contribution in [0.3, 0.4) is 0 Å². The first-order valence-electron chi connectivity index (χ1n) is 4.62. The zero-order chi connectivity index (χ0) is 11.5. The molecule has 0 amide bonds. The number of halogens is 1. The molecule has 0 saturated heterocycles. The smallest absolute Gasteiger partial charge is 0.142 e. The lowest BCUT2D eigenvalue weighted by atomic mass is 10.1. The van der Waals surface area contributed by atoms with E-state index >= 15 is 0 Å². The van der Waals surface area contributed by atoms with Gasteiger partial charge in [0, 0.05) is 5.56 Å². The van der Waals surface area contributed by atoms with E-state index in [9.17, 15) is 0 Å². The average molecular weight is 236 g/mol. The topological polar surface area (TPSA) is 61.0 Å². The summed E-state index contributed by atoms with van der Waals surface area (Å²) >= 11 is 6.01. The number of benzene rings is 1. The molecular formula is C11H10ClN3O. The molecule has 1 heterocycles. The number of nitrogen functional groups attached to an aromatic ring is 1. The van der Waals surface area contributed by atoms with Gasteiger partial charge in [-0.1, -0.05) is 11.6 Å². The van der Waals surface area contributed by atoms with Gasteiger partial charge in [-0.15, -0.1) is 0 Å². The van der Waals surface area contributed by atoms with Crippen LogP contribution in [0.5, 0.6) is 5.75 Å². The molecule has 82 valence electrons. The van der Waals surface area contributed by atoms with Crippen molar-refractivity contribution in [1.29, 1.82) is 0 Å². The fourth-order valence-electron chi connectivity index (χ4n) is 1.35. The Labute approximate surface area is 98.0 Å². The van der Waals surface area contributed by atoms with Gasteiger partial charge in [0.1, 0.15) is 11.6 Å². The van der Waals surface area contributed by atoms with Crippen LogP contribution in [0.2, 0.25) is 5.02 Å². The summed E-state index contributed by atoms with van der Waals surface area (Å²) in [6.45, 7) is 0. The molecule has 2 aromatic rings. The average Bonchev–Trinajstić information content (AvgIpc) is 2.29. The molecule has 16 heavy (non-hydrogen) atoms. The number of aromatic nitrogens is 2. The number of anilines is 1. The lowest BCUT2D eigenvalue weighted by Crippen LogP contribution is -1.93. The van der Waals surface area contributed by atoms with Gasteiger partial charge in [0.05, 0.1) is 30.2 Å². The maximum absolute atomic E-state index is 6.01. The second-order valence-electron chi connectivity index (χ2n) is 3.18.